The van der Waals surface area contributed by atoms with Gasteiger partial charge in [-0.2, -0.15) is 0 Å². The Morgan fingerprint density at radius 1 is 1.24 bits per heavy atom. The molecule has 3 N–H and O–H groups in total. The van der Waals surface area contributed by atoms with Gasteiger partial charge in [-0.25, -0.2) is 19.3 Å². The fourth-order valence-corrected chi connectivity index (χ4v) is 5.25. The number of amides is 2. The van der Waals surface area contributed by atoms with Gasteiger partial charge in [0.25, 0.3) is 0 Å². The van der Waals surface area contributed by atoms with E-state index in [0.717, 1.165) is 22.6 Å². The second kappa shape index (κ2) is 8.71. The van der Waals surface area contributed by atoms with E-state index >= 15 is 0 Å². The summed E-state index contributed by atoms with van der Waals surface area (Å²) in [5.41, 5.74) is -1.88. The van der Waals surface area contributed by atoms with E-state index in [1.165, 1.54) is 24.8 Å². The molecule has 4 atom stereocenters. The zero-order valence-corrected chi connectivity index (χ0v) is 18.9. The Balaban J connectivity index is 1.64. The zero-order chi connectivity index (χ0) is 23.9. The highest BCUT2D eigenvalue weighted by Gasteiger charge is 2.57. The molecular formula is C22H25N3O7S. The molecule has 2 unspecified atom stereocenters. The Bertz CT molecular complexity index is 1010. The van der Waals surface area contributed by atoms with Crippen LogP contribution in [0.25, 0.3) is 0 Å². The zero-order valence-electron chi connectivity index (χ0n) is 18.1. The highest BCUT2D eigenvalue weighted by atomic mass is 32.2. The first-order valence-corrected chi connectivity index (χ1v) is 11.6. The molecule has 1 aliphatic carbocycles. The van der Waals surface area contributed by atoms with Gasteiger partial charge in [0.2, 0.25) is 5.91 Å². The summed E-state index contributed by atoms with van der Waals surface area (Å²) in [5.74, 6) is -2.57. The van der Waals surface area contributed by atoms with Crippen LogP contribution in [0.4, 0.5) is 10.5 Å². The molecule has 11 heteroatoms. The fourth-order valence-electron chi connectivity index (χ4n) is 4.06. The highest BCUT2D eigenvalue weighted by Crippen LogP contribution is 2.39. The number of nitrogens with one attached hydrogen (secondary N) is 1. The van der Waals surface area contributed by atoms with Crippen LogP contribution >= 0.6 is 11.8 Å². The molecule has 4 rings (SSSR count). The Labute approximate surface area is 194 Å². The van der Waals surface area contributed by atoms with Crippen LogP contribution in [0.5, 0.6) is 0 Å². The second-order valence-corrected chi connectivity index (χ2v) is 9.57. The number of anilines is 1. The molecule has 1 saturated carbocycles. The average molecular weight is 476 g/mol. The van der Waals surface area contributed by atoms with E-state index in [0.29, 0.717) is 5.75 Å². The van der Waals surface area contributed by atoms with Gasteiger partial charge in [0, 0.05) is 11.4 Å². The maximum absolute atomic E-state index is 13.2. The van der Waals surface area contributed by atoms with Gasteiger partial charge in [-0.1, -0.05) is 18.2 Å². The summed E-state index contributed by atoms with van der Waals surface area (Å²) in [6.07, 6.45) is 2.11. The number of carboxylic acids is 2. The number of hydrogen-bond acceptors (Lipinski definition) is 7. The molecule has 2 heterocycles. The molecule has 2 aliphatic heterocycles. The lowest BCUT2D eigenvalue weighted by Gasteiger charge is -2.51. The van der Waals surface area contributed by atoms with Crippen molar-refractivity contribution in [3.05, 3.63) is 42.1 Å². The Morgan fingerprint density at radius 3 is 2.48 bits per heavy atom. The van der Waals surface area contributed by atoms with Crippen LogP contribution in [0.1, 0.15) is 26.7 Å². The van der Waals surface area contributed by atoms with Gasteiger partial charge in [-0.3, -0.25) is 15.0 Å². The number of benzene rings is 1. The number of carbonyl (C=O) groups excluding carboxylic acids is 2. The summed E-state index contributed by atoms with van der Waals surface area (Å²) in [6, 6.07) is 7.23. The number of aliphatic carboxylic acids is 2. The predicted octanol–water partition coefficient (Wildman–Crippen LogP) is 2.07. The van der Waals surface area contributed by atoms with Crippen molar-refractivity contribution in [2.24, 2.45) is 5.92 Å². The second-order valence-electron chi connectivity index (χ2n) is 8.42. The number of hydrogen-bond donors (Lipinski definition) is 3. The van der Waals surface area contributed by atoms with Gasteiger partial charge in [0.15, 0.2) is 5.66 Å². The van der Waals surface area contributed by atoms with Crippen molar-refractivity contribution < 1.29 is 34.1 Å². The van der Waals surface area contributed by atoms with Gasteiger partial charge in [0.05, 0.1) is 0 Å². The summed E-state index contributed by atoms with van der Waals surface area (Å²) in [7, 11) is 0. The number of β-lactam (4-membered cyclic amide) rings is 1. The van der Waals surface area contributed by atoms with Gasteiger partial charge in [0.1, 0.15) is 23.2 Å². The summed E-state index contributed by atoms with van der Waals surface area (Å²) >= 11 is 1.31. The standard InChI is InChI=1S/C22H25N3O7S/c1-12(13-8-9-13)32-21(31)25(14-6-4-3-5-7-14)22(2,20(29)30)23-16-17(26)24-15(19(27)28)10-11-33-18(16)24/h3-7,10,12-13,16,18,23H,8-9,11H2,1-2H3,(H,27,28)(H,29,30)/t12?,16?,18-,22+/m0/s1. The minimum atomic E-state index is -2.04. The molecule has 33 heavy (non-hydrogen) atoms. The van der Waals surface area contributed by atoms with Crippen molar-refractivity contribution in [3.8, 4) is 0 Å². The van der Waals surface area contributed by atoms with E-state index < -0.39 is 41.0 Å². The Morgan fingerprint density at radius 2 is 1.91 bits per heavy atom. The maximum Gasteiger partial charge on any atom is 0.416 e. The van der Waals surface area contributed by atoms with Crippen molar-refractivity contribution in [1.82, 2.24) is 10.2 Å². The molecule has 3 aliphatic rings. The van der Waals surface area contributed by atoms with Crippen LogP contribution in [0.15, 0.2) is 42.1 Å². The number of fused-ring (bicyclic) bond motifs is 1. The van der Waals surface area contributed by atoms with Crippen molar-refractivity contribution >= 4 is 41.4 Å². The topological polar surface area (TPSA) is 136 Å². The molecule has 1 aromatic rings. The minimum Gasteiger partial charge on any atom is -0.478 e. The number of carbonyl (C=O) groups is 4. The highest BCUT2D eigenvalue weighted by molar-refractivity contribution is 8.00. The van der Waals surface area contributed by atoms with E-state index in [9.17, 15) is 29.4 Å². The predicted molar refractivity (Wildman–Crippen MR) is 119 cm³/mol. The van der Waals surface area contributed by atoms with Crippen molar-refractivity contribution in [3.63, 3.8) is 0 Å². The van der Waals surface area contributed by atoms with Crippen LogP contribution in [-0.4, -0.2) is 68.0 Å². The molecule has 0 bridgehead atoms. The SMILES string of the molecule is CC(OC(=O)N(c1ccccc1)[C@@](C)(NC1C(=O)N2C(C(=O)O)=CCS[C@@H]12)C(=O)O)C1CC1. The van der Waals surface area contributed by atoms with E-state index in [1.807, 2.05) is 0 Å². The number of nitrogens with zero attached hydrogens (tertiary/aromatic N) is 2. The molecule has 2 amide bonds. The van der Waals surface area contributed by atoms with Crippen molar-refractivity contribution in [2.75, 3.05) is 10.7 Å². The average Bonchev–Trinajstić information content (AvgIpc) is 3.63. The lowest BCUT2D eigenvalue weighted by molar-refractivity contribution is -0.153. The minimum absolute atomic E-state index is 0.128. The van der Waals surface area contributed by atoms with Gasteiger partial charge in [-0.15, -0.1) is 11.8 Å². The van der Waals surface area contributed by atoms with Gasteiger partial charge >= 0.3 is 18.0 Å². The maximum atomic E-state index is 13.2. The van der Waals surface area contributed by atoms with E-state index in [-0.39, 0.29) is 23.4 Å². The third kappa shape index (κ3) is 4.18. The number of thioether (sulfide) groups is 1. The van der Waals surface area contributed by atoms with E-state index in [1.54, 1.807) is 37.3 Å². The summed E-state index contributed by atoms with van der Waals surface area (Å²) < 4.78 is 5.60. The third-order valence-electron chi connectivity index (χ3n) is 6.14. The molecule has 176 valence electrons. The Kier molecular flexibility index (Phi) is 6.10. The van der Waals surface area contributed by atoms with Crippen molar-refractivity contribution in [2.45, 2.75) is 49.9 Å². The van der Waals surface area contributed by atoms with Crippen LogP contribution < -0.4 is 10.2 Å². The first-order chi connectivity index (χ1) is 15.6. The Hall–Kier alpha value is -3.05. The number of ether oxygens (including phenoxy) is 1. The quantitative estimate of drug-likeness (QED) is 0.381. The van der Waals surface area contributed by atoms with Gasteiger partial charge in [-0.05, 0) is 50.8 Å². The molecule has 0 radical (unpaired) electrons. The van der Waals surface area contributed by atoms with E-state index in [2.05, 4.69) is 5.32 Å². The molecule has 10 nitrogen and oxygen atoms in total. The number of rotatable bonds is 8. The number of para-hydroxylation sites is 1. The first-order valence-electron chi connectivity index (χ1n) is 10.6. The summed E-state index contributed by atoms with van der Waals surface area (Å²) in [4.78, 5) is 52.2. The lowest BCUT2D eigenvalue weighted by atomic mass is 10.0. The van der Waals surface area contributed by atoms with Crippen molar-refractivity contribution in [1.29, 1.82) is 0 Å². The summed E-state index contributed by atoms with van der Waals surface area (Å²) in [5, 5.41) is 21.8. The number of carboxylic acid groups (broad SMARTS) is 2. The molecular weight excluding hydrogens is 450 g/mol. The van der Waals surface area contributed by atoms with Crippen LogP contribution in [0, 0.1) is 5.92 Å². The molecule has 2 fully saturated rings. The monoisotopic (exact) mass is 475 g/mol. The molecule has 0 spiro atoms. The summed E-state index contributed by atoms with van der Waals surface area (Å²) in [6.45, 7) is 3.07. The normalized spacial score (nSPS) is 24.5. The van der Waals surface area contributed by atoms with Crippen LogP contribution in [0.2, 0.25) is 0 Å². The first kappa shape index (κ1) is 23.1. The molecule has 0 aromatic heterocycles. The smallest absolute Gasteiger partial charge is 0.416 e. The third-order valence-corrected chi connectivity index (χ3v) is 7.32. The largest absolute Gasteiger partial charge is 0.478 e. The fraction of sp³-hybridized carbons (Fsp3) is 0.455. The van der Waals surface area contributed by atoms with Crippen LogP contribution in [-0.2, 0) is 19.1 Å². The van der Waals surface area contributed by atoms with E-state index in [4.69, 9.17) is 4.74 Å². The molecule has 1 aromatic carbocycles. The lowest BCUT2D eigenvalue weighted by Crippen LogP contribution is -2.77. The molecule has 1 saturated heterocycles. The van der Waals surface area contributed by atoms with Crippen LogP contribution in [0.3, 0.4) is 0 Å². The van der Waals surface area contributed by atoms with Gasteiger partial charge < -0.3 is 14.9 Å².